The number of hydrogen-bond acceptors (Lipinski definition) is 6. The third kappa shape index (κ3) is 4.24. The summed E-state index contributed by atoms with van der Waals surface area (Å²) in [4.78, 5) is 20.4. The number of nitrogens with zero attached hydrogens (tertiary/aromatic N) is 4. The lowest BCUT2D eigenvalue weighted by Crippen LogP contribution is -2.08. The molecule has 5 aromatic rings. The second-order valence-electron chi connectivity index (χ2n) is 8.41. The van der Waals surface area contributed by atoms with E-state index in [1.165, 1.54) is 18.5 Å². The minimum Gasteiger partial charge on any atom is -0.490 e. The van der Waals surface area contributed by atoms with Crippen LogP contribution in [0.25, 0.3) is 27.8 Å². The predicted octanol–water partition coefficient (Wildman–Crippen LogP) is 6.08. The molecule has 0 saturated carbocycles. The SMILES string of the molecule is CCOc1c(-c2c(C)nn(-c3ccccc3C)c2Nc2ccccc2C(=O)O)cc2nccnc2c1F. The van der Waals surface area contributed by atoms with Crippen molar-refractivity contribution in [2.45, 2.75) is 20.8 Å². The Hall–Kier alpha value is -4.79. The fourth-order valence-electron chi connectivity index (χ4n) is 4.37. The van der Waals surface area contributed by atoms with E-state index >= 15 is 4.39 Å². The molecular weight excluding hydrogens is 473 g/mol. The van der Waals surface area contributed by atoms with E-state index in [1.807, 2.05) is 38.1 Å². The van der Waals surface area contributed by atoms with Gasteiger partial charge >= 0.3 is 5.97 Å². The molecule has 3 aromatic carbocycles. The number of nitrogens with one attached hydrogen (secondary N) is 1. The topological polar surface area (TPSA) is 102 Å². The van der Waals surface area contributed by atoms with Crippen molar-refractivity contribution in [3.63, 3.8) is 0 Å². The number of aromatic nitrogens is 4. The molecule has 0 bridgehead atoms. The highest BCUT2D eigenvalue weighted by molar-refractivity contribution is 5.97. The summed E-state index contributed by atoms with van der Waals surface area (Å²) in [5.41, 5.74) is 4.22. The van der Waals surface area contributed by atoms with Crippen molar-refractivity contribution in [2.75, 3.05) is 11.9 Å². The van der Waals surface area contributed by atoms with E-state index in [-0.39, 0.29) is 23.4 Å². The fraction of sp³-hybridized carbons (Fsp3) is 0.143. The van der Waals surface area contributed by atoms with Crippen molar-refractivity contribution in [1.82, 2.24) is 19.7 Å². The van der Waals surface area contributed by atoms with Crippen LogP contribution in [0, 0.1) is 19.7 Å². The maximum Gasteiger partial charge on any atom is 0.337 e. The second kappa shape index (κ2) is 9.69. The molecule has 9 heteroatoms. The van der Waals surface area contributed by atoms with Gasteiger partial charge in [-0.25, -0.2) is 18.9 Å². The first-order valence-electron chi connectivity index (χ1n) is 11.7. The molecule has 0 spiro atoms. The number of aromatic carboxylic acids is 1. The normalized spacial score (nSPS) is 11.0. The van der Waals surface area contributed by atoms with Gasteiger partial charge in [0.15, 0.2) is 11.6 Å². The van der Waals surface area contributed by atoms with Crippen LogP contribution in [0.4, 0.5) is 15.9 Å². The first kappa shape index (κ1) is 23.9. The molecule has 2 aromatic heterocycles. The summed E-state index contributed by atoms with van der Waals surface area (Å²) < 4.78 is 23.2. The number of carboxylic acid groups (broad SMARTS) is 1. The number of rotatable bonds is 7. The average molecular weight is 498 g/mol. The van der Waals surface area contributed by atoms with Gasteiger partial charge in [0, 0.05) is 18.0 Å². The van der Waals surface area contributed by atoms with Gasteiger partial charge in [-0.15, -0.1) is 0 Å². The van der Waals surface area contributed by atoms with Crippen LogP contribution < -0.4 is 10.1 Å². The van der Waals surface area contributed by atoms with Crippen molar-refractivity contribution >= 4 is 28.5 Å². The zero-order chi connectivity index (χ0) is 26.1. The molecule has 2 N–H and O–H groups in total. The molecule has 186 valence electrons. The standard InChI is InChI=1S/C28H24FN5O3/c1-4-37-26-19(15-21-25(24(26)29)31-14-13-30-21)23-17(3)33-34(22-12-8-5-9-16(22)2)27(23)32-20-11-7-6-10-18(20)28(35)36/h5-15,32H,4H2,1-3H3,(H,35,36). The first-order valence-corrected chi connectivity index (χ1v) is 11.7. The van der Waals surface area contributed by atoms with Crippen LogP contribution in [0.5, 0.6) is 5.75 Å². The lowest BCUT2D eigenvalue weighted by atomic mass is 10.0. The summed E-state index contributed by atoms with van der Waals surface area (Å²) in [5, 5.41) is 17.9. The van der Waals surface area contributed by atoms with E-state index in [0.717, 1.165) is 11.3 Å². The number of halogens is 1. The Labute approximate surface area is 212 Å². The monoisotopic (exact) mass is 497 g/mol. The summed E-state index contributed by atoms with van der Waals surface area (Å²) in [6.07, 6.45) is 2.93. The Morgan fingerprint density at radius 2 is 1.81 bits per heavy atom. The number of carboxylic acids is 1. The lowest BCUT2D eigenvalue weighted by Gasteiger charge is -2.17. The molecule has 0 saturated heterocycles. The third-order valence-electron chi connectivity index (χ3n) is 6.03. The first-order chi connectivity index (χ1) is 17.9. The van der Waals surface area contributed by atoms with E-state index in [1.54, 1.807) is 35.9 Å². The maximum atomic E-state index is 15.7. The Kier molecular flexibility index (Phi) is 6.27. The largest absolute Gasteiger partial charge is 0.490 e. The zero-order valence-corrected chi connectivity index (χ0v) is 20.5. The smallest absolute Gasteiger partial charge is 0.337 e. The highest BCUT2D eigenvalue weighted by atomic mass is 19.1. The van der Waals surface area contributed by atoms with Crippen LogP contribution >= 0.6 is 0 Å². The Morgan fingerprint density at radius 3 is 2.57 bits per heavy atom. The quantitative estimate of drug-likeness (QED) is 0.281. The second-order valence-corrected chi connectivity index (χ2v) is 8.41. The van der Waals surface area contributed by atoms with E-state index < -0.39 is 11.8 Å². The molecule has 0 atom stereocenters. The molecule has 0 aliphatic heterocycles. The number of anilines is 2. The number of fused-ring (bicyclic) bond motifs is 1. The number of hydrogen-bond donors (Lipinski definition) is 2. The number of ether oxygens (including phenoxy) is 1. The van der Waals surface area contributed by atoms with Crippen molar-refractivity contribution < 1.29 is 19.0 Å². The van der Waals surface area contributed by atoms with Gasteiger partial charge in [-0.1, -0.05) is 30.3 Å². The summed E-state index contributed by atoms with van der Waals surface area (Å²) in [7, 11) is 0. The molecule has 2 heterocycles. The summed E-state index contributed by atoms with van der Waals surface area (Å²) >= 11 is 0. The Balaban J connectivity index is 1.84. The molecule has 0 fully saturated rings. The lowest BCUT2D eigenvalue weighted by molar-refractivity contribution is 0.0698. The summed E-state index contributed by atoms with van der Waals surface area (Å²) in [5.74, 6) is -1.21. The van der Waals surface area contributed by atoms with Crippen LogP contribution in [-0.2, 0) is 0 Å². The molecule has 8 nitrogen and oxygen atoms in total. The zero-order valence-electron chi connectivity index (χ0n) is 20.5. The minimum absolute atomic E-state index is 0.0255. The Bertz CT molecular complexity index is 1650. The third-order valence-corrected chi connectivity index (χ3v) is 6.03. The van der Waals surface area contributed by atoms with Crippen molar-refractivity contribution in [1.29, 1.82) is 0 Å². The van der Waals surface area contributed by atoms with Gasteiger partial charge < -0.3 is 15.2 Å². The highest BCUT2D eigenvalue weighted by Gasteiger charge is 2.26. The Morgan fingerprint density at radius 1 is 1.08 bits per heavy atom. The van der Waals surface area contributed by atoms with Gasteiger partial charge in [0.25, 0.3) is 0 Å². The van der Waals surface area contributed by atoms with Crippen molar-refractivity contribution in [3.8, 4) is 22.6 Å². The summed E-state index contributed by atoms with van der Waals surface area (Å²) in [6.45, 7) is 5.77. The van der Waals surface area contributed by atoms with Gasteiger partial charge in [-0.05, 0) is 50.6 Å². The van der Waals surface area contributed by atoms with Gasteiger partial charge in [-0.2, -0.15) is 5.10 Å². The molecule has 0 amide bonds. The molecule has 0 aliphatic rings. The predicted molar refractivity (Wildman–Crippen MR) is 139 cm³/mol. The highest BCUT2D eigenvalue weighted by Crippen LogP contribution is 2.43. The molecule has 0 radical (unpaired) electrons. The number of aryl methyl sites for hydroxylation is 2. The van der Waals surface area contributed by atoms with Gasteiger partial charge in [-0.3, -0.25) is 4.98 Å². The van der Waals surface area contributed by atoms with E-state index in [0.29, 0.717) is 33.8 Å². The molecule has 5 rings (SSSR count). The fourth-order valence-corrected chi connectivity index (χ4v) is 4.37. The van der Waals surface area contributed by atoms with Crippen molar-refractivity contribution in [3.05, 3.63) is 89.6 Å². The van der Waals surface area contributed by atoms with E-state index in [4.69, 9.17) is 9.84 Å². The molecule has 0 aliphatic carbocycles. The van der Waals surface area contributed by atoms with E-state index in [9.17, 15) is 9.90 Å². The molecule has 0 unspecified atom stereocenters. The van der Waals surface area contributed by atoms with Crippen LogP contribution in [0.3, 0.4) is 0 Å². The van der Waals surface area contributed by atoms with Gasteiger partial charge in [0.05, 0.1) is 40.3 Å². The maximum absolute atomic E-state index is 15.7. The van der Waals surface area contributed by atoms with Crippen LogP contribution in [0.15, 0.2) is 67.0 Å². The number of benzene rings is 3. The summed E-state index contributed by atoms with van der Waals surface area (Å²) in [6, 6.07) is 16.0. The van der Waals surface area contributed by atoms with Crippen LogP contribution in [-0.4, -0.2) is 37.4 Å². The van der Waals surface area contributed by atoms with Crippen LogP contribution in [0.1, 0.15) is 28.5 Å². The van der Waals surface area contributed by atoms with Crippen LogP contribution in [0.2, 0.25) is 0 Å². The number of para-hydroxylation sites is 2. The van der Waals surface area contributed by atoms with Crippen molar-refractivity contribution in [2.24, 2.45) is 0 Å². The minimum atomic E-state index is -1.08. The molecular formula is C28H24FN5O3. The van der Waals surface area contributed by atoms with E-state index in [2.05, 4.69) is 15.3 Å². The van der Waals surface area contributed by atoms with Gasteiger partial charge in [0.1, 0.15) is 11.3 Å². The van der Waals surface area contributed by atoms with Gasteiger partial charge in [0.2, 0.25) is 0 Å². The number of carbonyl (C=O) groups is 1. The average Bonchev–Trinajstić information content (AvgIpc) is 3.21. The molecule has 37 heavy (non-hydrogen) atoms.